The fraction of sp³-hybridized carbons (Fsp3) is 0.714. The normalized spacial score (nSPS) is 35.0. The van der Waals surface area contributed by atoms with Crippen molar-refractivity contribution in [2.75, 3.05) is 0 Å². The van der Waals surface area contributed by atoms with Crippen LogP contribution in [0.5, 0.6) is 0 Å². The predicted octanol–water partition coefficient (Wildman–Crippen LogP) is 8.36. The molecule has 2 aliphatic rings. The minimum absolute atomic E-state index is 0.900. The van der Waals surface area contributed by atoms with Crippen molar-refractivity contribution in [1.29, 1.82) is 0 Å². The monoisotopic (exact) mass is 440 g/mol. The molecule has 2 saturated carbocycles. The number of rotatable bonds is 7. The van der Waals surface area contributed by atoms with E-state index < -0.39 is 16.1 Å². The summed E-state index contributed by atoms with van der Waals surface area (Å²) in [5.41, 5.74) is 3.58. The maximum atomic E-state index is 4.58. The summed E-state index contributed by atoms with van der Waals surface area (Å²) >= 11 is 0. The first-order valence-corrected chi connectivity index (χ1v) is 19.0. The number of hydrogen-bond acceptors (Lipinski definition) is 0. The van der Waals surface area contributed by atoms with Crippen molar-refractivity contribution in [3.05, 3.63) is 42.5 Å². The van der Waals surface area contributed by atoms with Crippen molar-refractivity contribution < 1.29 is 0 Å². The van der Waals surface area contributed by atoms with E-state index in [1.54, 1.807) is 5.19 Å². The Labute approximate surface area is 190 Å². The lowest BCUT2D eigenvalue weighted by Crippen LogP contribution is -2.41. The molecule has 0 amide bonds. The second-order valence-electron chi connectivity index (χ2n) is 12.5. The molecule has 0 saturated heterocycles. The summed E-state index contributed by atoms with van der Waals surface area (Å²) in [6.07, 6.45) is 5.72. The van der Waals surface area contributed by atoms with Crippen LogP contribution in [0.4, 0.5) is 0 Å². The second-order valence-corrected chi connectivity index (χ2v) is 22.4. The fourth-order valence-electron chi connectivity index (χ4n) is 7.75. The standard InChI is InChI=1S/C28H48Si2/c1-20(19-29(6,7)26-13-11-10-12-14-26)17-25-15-16-27(18-25)30(8,9)28-23(4)21(2)22(3)24(28)5/h10-14,21-25,27-28H,1,15-19H2,2-9H3. The second kappa shape index (κ2) is 9.10. The van der Waals surface area contributed by atoms with Crippen LogP contribution in [0, 0.1) is 29.6 Å². The van der Waals surface area contributed by atoms with Crippen molar-refractivity contribution in [3.8, 4) is 0 Å². The molecule has 2 aliphatic carbocycles. The summed E-state index contributed by atoms with van der Waals surface area (Å²) in [5.74, 6) is 4.54. The first kappa shape index (κ1) is 24.0. The molecule has 2 heteroatoms. The van der Waals surface area contributed by atoms with E-state index >= 15 is 0 Å². The molecule has 6 atom stereocenters. The third-order valence-electron chi connectivity index (χ3n) is 9.90. The van der Waals surface area contributed by atoms with Gasteiger partial charge in [0.2, 0.25) is 0 Å². The molecule has 3 rings (SSSR count). The first-order valence-electron chi connectivity index (χ1n) is 12.7. The van der Waals surface area contributed by atoms with Crippen LogP contribution in [0.2, 0.25) is 43.3 Å². The molecule has 0 aromatic heterocycles. The largest absolute Gasteiger partial charge is 0.100 e. The Morgan fingerprint density at radius 1 is 0.867 bits per heavy atom. The van der Waals surface area contributed by atoms with Crippen LogP contribution in [-0.2, 0) is 0 Å². The van der Waals surface area contributed by atoms with E-state index in [2.05, 4.69) is 90.8 Å². The van der Waals surface area contributed by atoms with Crippen LogP contribution in [0.3, 0.4) is 0 Å². The van der Waals surface area contributed by atoms with Gasteiger partial charge in [-0.1, -0.05) is 108 Å². The van der Waals surface area contributed by atoms with Gasteiger partial charge < -0.3 is 0 Å². The van der Waals surface area contributed by atoms with Gasteiger partial charge in [-0.25, -0.2) is 0 Å². The predicted molar refractivity (Wildman–Crippen MR) is 141 cm³/mol. The number of allylic oxidation sites excluding steroid dienone is 1. The zero-order chi connectivity index (χ0) is 22.3. The molecule has 0 aliphatic heterocycles. The van der Waals surface area contributed by atoms with Crippen LogP contribution in [0.1, 0.15) is 53.4 Å². The zero-order valence-electron chi connectivity index (χ0n) is 21.2. The molecule has 1 aromatic rings. The lowest BCUT2D eigenvalue weighted by atomic mass is 9.92. The molecule has 30 heavy (non-hydrogen) atoms. The molecule has 0 spiro atoms. The Morgan fingerprint density at radius 2 is 1.43 bits per heavy atom. The van der Waals surface area contributed by atoms with Crippen LogP contribution < -0.4 is 5.19 Å². The summed E-state index contributed by atoms with van der Waals surface area (Å²) in [6, 6.07) is 12.5. The van der Waals surface area contributed by atoms with E-state index in [4.69, 9.17) is 0 Å². The minimum atomic E-state index is -1.41. The van der Waals surface area contributed by atoms with Gasteiger partial charge in [0.1, 0.15) is 0 Å². The van der Waals surface area contributed by atoms with Gasteiger partial charge in [0.15, 0.2) is 0 Å². The van der Waals surface area contributed by atoms with E-state index in [0.29, 0.717) is 0 Å². The van der Waals surface area contributed by atoms with E-state index in [-0.39, 0.29) is 0 Å². The average Bonchev–Trinajstić information content (AvgIpc) is 3.22. The highest BCUT2D eigenvalue weighted by Crippen LogP contribution is 2.59. The smallest absolute Gasteiger partial charge is 0.0845 e. The Hall–Kier alpha value is -0.606. The van der Waals surface area contributed by atoms with Crippen LogP contribution in [-0.4, -0.2) is 16.1 Å². The summed E-state index contributed by atoms with van der Waals surface area (Å²) in [7, 11) is -2.67. The molecular formula is C28H48Si2. The van der Waals surface area contributed by atoms with Gasteiger partial charge in [0.25, 0.3) is 0 Å². The maximum absolute atomic E-state index is 4.58. The van der Waals surface area contributed by atoms with Crippen LogP contribution in [0.25, 0.3) is 0 Å². The molecular weight excluding hydrogens is 392 g/mol. The van der Waals surface area contributed by atoms with Crippen molar-refractivity contribution >= 4 is 21.3 Å². The van der Waals surface area contributed by atoms with Gasteiger partial charge in [-0.2, -0.15) is 0 Å². The zero-order valence-corrected chi connectivity index (χ0v) is 23.2. The third kappa shape index (κ3) is 4.75. The lowest BCUT2D eigenvalue weighted by Gasteiger charge is -2.41. The fourth-order valence-corrected chi connectivity index (χ4v) is 16.2. The topological polar surface area (TPSA) is 0 Å². The Balaban J connectivity index is 1.59. The van der Waals surface area contributed by atoms with Gasteiger partial charge in [-0.05, 0) is 59.6 Å². The molecule has 1 aromatic carbocycles. The van der Waals surface area contributed by atoms with Gasteiger partial charge in [-0.3, -0.25) is 0 Å². The summed E-state index contributed by atoms with van der Waals surface area (Å²) in [6.45, 7) is 25.3. The molecule has 6 unspecified atom stereocenters. The quantitative estimate of drug-likeness (QED) is 0.295. The minimum Gasteiger partial charge on any atom is -0.100 e. The molecule has 0 heterocycles. The molecule has 0 N–H and O–H groups in total. The summed E-state index contributed by atoms with van der Waals surface area (Å²) < 4.78 is 0. The molecule has 0 nitrogen and oxygen atoms in total. The van der Waals surface area contributed by atoms with Crippen molar-refractivity contribution in [1.82, 2.24) is 0 Å². The summed E-state index contributed by atoms with van der Waals surface area (Å²) in [4.78, 5) is 0. The molecule has 168 valence electrons. The first-order chi connectivity index (χ1) is 13.9. The third-order valence-corrected chi connectivity index (χ3v) is 18.6. The van der Waals surface area contributed by atoms with Crippen LogP contribution in [0.15, 0.2) is 42.5 Å². The lowest BCUT2D eigenvalue weighted by molar-refractivity contribution is 0.352. The highest BCUT2D eigenvalue weighted by molar-refractivity contribution is 6.90. The van der Waals surface area contributed by atoms with E-state index in [1.165, 1.54) is 37.3 Å². The highest BCUT2D eigenvalue weighted by Gasteiger charge is 2.52. The molecule has 0 radical (unpaired) electrons. The van der Waals surface area contributed by atoms with Gasteiger partial charge in [0, 0.05) is 0 Å². The Kier molecular flexibility index (Phi) is 7.29. The SMILES string of the molecule is C=C(CC1CCC([Si](C)(C)C2C(C)C(C)C(C)C2C)C1)C[Si](C)(C)c1ccccc1. The highest BCUT2D eigenvalue weighted by atomic mass is 28.3. The average molecular weight is 441 g/mol. The maximum Gasteiger partial charge on any atom is 0.0845 e. The van der Waals surface area contributed by atoms with Crippen molar-refractivity contribution in [2.45, 2.75) is 96.7 Å². The molecule has 0 bridgehead atoms. The number of hydrogen-bond donors (Lipinski definition) is 0. The van der Waals surface area contributed by atoms with Crippen molar-refractivity contribution in [2.24, 2.45) is 29.6 Å². The van der Waals surface area contributed by atoms with Gasteiger partial charge in [-0.15, -0.1) is 6.58 Å². The van der Waals surface area contributed by atoms with Gasteiger partial charge >= 0.3 is 0 Å². The number of benzene rings is 1. The van der Waals surface area contributed by atoms with E-state index in [0.717, 1.165) is 40.7 Å². The summed E-state index contributed by atoms with van der Waals surface area (Å²) in [5, 5.41) is 1.58. The van der Waals surface area contributed by atoms with Gasteiger partial charge in [0.05, 0.1) is 16.1 Å². The van der Waals surface area contributed by atoms with E-state index in [1.807, 2.05) is 0 Å². The Bertz CT molecular complexity index is 705. The molecule has 2 fully saturated rings. The van der Waals surface area contributed by atoms with E-state index in [9.17, 15) is 0 Å². The van der Waals surface area contributed by atoms with Crippen LogP contribution >= 0.6 is 0 Å². The van der Waals surface area contributed by atoms with Crippen molar-refractivity contribution in [3.63, 3.8) is 0 Å². The Morgan fingerprint density at radius 3 is 2.00 bits per heavy atom.